The molecule has 1 aromatic carbocycles. The van der Waals surface area contributed by atoms with Gasteiger partial charge in [-0.2, -0.15) is 0 Å². The summed E-state index contributed by atoms with van der Waals surface area (Å²) in [5.41, 5.74) is -1.36. The highest BCUT2D eigenvalue weighted by molar-refractivity contribution is 8.24. The average molecular weight is 375 g/mol. The zero-order valence-electron chi connectivity index (χ0n) is 14.3. The standard InChI is InChI=1S/C15H22FN3O5S/c1-14(2)12(17-13(21)22)18-15(3,8-19(4)25(14,23)24)10-7-9(20)5-6-11(10)16/h5-7,20,23-24H,8H2,1-4H3,(H,17,18)(H,21,22). The average Bonchev–Trinajstić information content (AvgIpc) is 2.51. The smallest absolute Gasteiger partial charge is 0.410 e. The topological polar surface area (TPSA) is 126 Å². The number of phenols is 1. The van der Waals surface area contributed by atoms with Crippen LogP contribution in [0.2, 0.25) is 0 Å². The maximum absolute atomic E-state index is 14.4. The molecule has 5 N–H and O–H groups in total. The number of carbonyl (C=O) groups is 1. The summed E-state index contributed by atoms with van der Waals surface area (Å²) in [6, 6.07) is 3.44. The van der Waals surface area contributed by atoms with E-state index in [2.05, 4.69) is 10.3 Å². The number of nitrogens with zero attached hydrogens (tertiary/aromatic N) is 2. The lowest BCUT2D eigenvalue weighted by molar-refractivity contribution is 0.199. The molecule has 10 heteroatoms. The molecule has 0 spiro atoms. The first-order valence-corrected chi connectivity index (χ1v) is 8.90. The SMILES string of the molecule is CN1CC(C)(c2cc(O)ccc2F)N=C(NC(=O)O)C(C)(C)S1(O)O. The van der Waals surface area contributed by atoms with Crippen LogP contribution in [0.5, 0.6) is 5.75 Å². The first-order chi connectivity index (χ1) is 11.3. The third kappa shape index (κ3) is 3.30. The third-order valence-electron chi connectivity index (χ3n) is 4.33. The van der Waals surface area contributed by atoms with Crippen LogP contribution < -0.4 is 5.32 Å². The van der Waals surface area contributed by atoms with Gasteiger partial charge in [0, 0.05) is 19.2 Å². The van der Waals surface area contributed by atoms with E-state index in [1.807, 2.05) is 0 Å². The highest BCUT2D eigenvalue weighted by atomic mass is 32.3. The van der Waals surface area contributed by atoms with Crippen LogP contribution in [0.3, 0.4) is 0 Å². The first kappa shape index (κ1) is 19.4. The molecule has 2 rings (SSSR count). The van der Waals surface area contributed by atoms with Crippen molar-refractivity contribution in [3.63, 3.8) is 0 Å². The van der Waals surface area contributed by atoms with Crippen molar-refractivity contribution in [3.05, 3.63) is 29.6 Å². The number of hydrogen-bond donors (Lipinski definition) is 5. The molecule has 25 heavy (non-hydrogen) atoms. The number of aliphatic imine (C=N–C) groups is 1. The molecule has 140 valence electrons. The molecule has 0 saturated carbocycles. The van der Waals surface area contributed by atoms with Crippen LogP contribution in [0.15, 0.2) is 23.2 Å². The molecule has 1 unspecified atom stereocenters. The van der Waals surface area contributed by atoms with Gasteiger partial charge in [0.05, 0.1) is 0 Å². The Kier molecular flexibility index (Phi) is 4.77. The van der Waals surface area contributed by atoms with E-state index in [9.17, 15) is 23.4 Å². The van der Waals surface area contributed by atoms with Gasteiger partial charge >= 0.3 is 6.09 Å². The fourth-order valence-corrected chi connectivity index (χ4v) is 4.38. The Morgan fingerprint density at radius 3 is 2.52 bits per heavy atom. The van der Waals surface area contributed by atoms with Crippen molar-refractivity contribution in [2.24, 2.45) is 4.99 Å². The summed E-state index contributed by atoms with van der Waals surface area (Å²) >= 11 is 0. The van der Waals surface area contributed by atoms with Crippen molar-refractivity contribution < 1.29 is 28.5 Å². The van der Waals surface area contributed by atoms with E-state index in [0.717, 1.165) is 6.07 Å². The number of likely N-dealkylation sites (N-methyl/N-ethyl adjacent to an activating group) is 1. The minimum absolute atomic E-state index is 0.0111. The summed E-state index contributed by atoms with van der Waals surface area (Å²) in [5.74, 6) is -1.03. The Bertz CT molecular complexity index is 740. The van der Waals surface area contributed by atoms with Crippen LogP contribution in [0.1, 0.15) is 26.3 Å². The second kappa shape index (κ2) is 6.13. The van der Waals surface area contributed by atoms with Gasteiger partial charge in [0.1, 0.15) is 27.7 Å². The third-order valence-corrected chi connectivity index (χ3v) is 6.90. The van der Waals surface area contributed by atoms with E-state index in [4.69, 9.17) is 5.11 Å². The van der Waals surface area contributed by atoms with Crippen LogP contribution in [0.25, 0.3) is 0 Å². The summed E-state index contributed by atoms with van der Waals surface area (Å²) in [7, 11) is -2.04. The molecule has 0 aliphatic carbocycles. The van der Waals surface area contributed by atoms with E-state index in [1.165, 1.54) is 44.3 Å². The van der Waals surface area contributed by atoms with Gasteiger partial charge in [0.15, 0.2) is 0 Å². The molecular formula is C15H22FN3O5S. The van der Waals surface area contributed by atoms with Crippen molar-refractivity contribution in [1.29, 1.82) is 0 Å². The molecule has 1 amide bonds. The Hall–Kier alpha value is -1.88. The number of carboxylic acid groups (broad SMARTS) is 1. The van der Waals surface area contributed by atoms with E-state index in [0.29, 0.717) is 0 Å². The van der Waals surface area contributed by atoms with Crippen LogP contribution in [0, 0.1) is 5.82 Å². The van der Waals surface area contributed by atoms with Gasteiger partial charge in [-0.15, -0.1) is 10.8 Å². The molecule has 0 bridgehead atoms. The zero-order valence-corrected chi connectivity index (χ0v) is 15.1. The summed E-state index contributed by atoms with van der Waals surface area (Å²) in [4.78, 5) is 15.5. The quantitative estimate of drug-likeness (QED) is 0.514. The number of aromatic hydroxyl groups is 1. The van der Waals surface area contributed by atoms with Gasteiger partial charge in [0.2, 0.25) is 0 Å². The highest BCUT2D eigenvalue weighted by Crippen LogP contribution is 2.57. The molecule has 0 fully saturated rings. The van der Waals surface area contributed by atoms with Gasteiger partial charge in [0.25, 0.3) is 0 Å². The number of benzene rings is 1. The number of hydrogen-bond acceptors (Lipinski definition) is 6. The van der Waals surface area contributed by atoms with Gasteiger partial charge in [-0.05, 0) is 39.0 Å². The molecule has 0 radical (unpaired) electrons. The number of amides is 1. The molecule has 1 atom stereocenters. The molecule has 1 aliphatic rings. The maximum atomic E-state index is 14.4. The van der Waals surface area contributed by atoms with Crippen molar-refractivity contribution in [3.8, 4) is 5.75 Å². The van der Waals surface area contributed by atoms with Crippen molar-refractivity contribution in [1.82, 2.24) is 9.62 Å². The first-order valence-electron chi connectivity index (χ1n) is 7.39. The van der Waals surface area contributed by atoms with Crippen molar-refractivity contribution in [2.75, 3.05) is 13.6 Å². The van der Waals surface area contributed by atoms with E-state index in [1.54, 1.807) is 0 Å². The molecule has 8 nitrogen and oxygen atoms in total. The fraction of sp³-hybridized carbons (Fsp3) is 0.467. The lowest BCUT2D eigenvalue weighted by atomic mass is 9.91. The number of halogens is 1. The Labute approximate surface area is 146 Å². The van der Waals surface area contributed by atoms with Gasteiger partial charge in [-0.3, -0.25) is 19.4 Å². The van der Waals surface area contributed by atoms with E-state index in [-0.39, 0.29) is 23.7 Å². The summed E-state index contributed by atoms with van der Waals surface area (Å²) in [5, 5.41) is 20.9. The highest BCUT2D eigenvalue weighted by Gasteiger charge is 2.49. The minimum Gasteiger partial charge on any atom is -0.508 e. The van der Waals surface area contributed by atoms with Crippen LogP contribution in [-0.4, -0.2) is 53.9 Å². The molecular weight excluding hydrogens is 353 g/mol. The number of nitrogens with one attached hydrogen (secondary N) is 1. The number of amidine groups is 1. The summed E-state index contributed by atoms with van der Waals surface area (Å²) < 4.78 is 35.4. The number of rotatable bonds is 1. The minimum atomic E-state index is -3.48. The summed E-state index contributed by atoms with van der Waals surface area (Å²) in [6.45, 7) is 4.31. The molecule has 0 saturated heterocycles. The fourth-order valence-electron chi connectivity index (χ4n) is 2.81. The number of phenolic OH excluding ortho intramolecular Hbond substituents is 1. The largest absolute Gasteiger partial charge is 0.508 e. The lowest BCUT2D eigenvalue weighted by Gasteiger charge is -2.50. The maximum Gasteiger partial charge on any atom is 0.410 e. The molecule has 1 aromatic rings. The molecule has 1 aliphatic heterocycles. The second-order valence-electron chi connectivity index (χ2n) is 6.64. The molecule has 1 heterocycles. The van der Waals surface area contributed by atoms with E-state index >= 15 is 0 Å². The second-order valence-corrected chi connectivity index (χ2v) is 9.33. The van der Waals surface area contributed by atoms with Crippen LogP contribution >= 0.6 is 10.8 Å². The monoisotopic (exact) mass is 375 g/mol. The molecule has 0 aromatic heterocycles. The normalized spacial score (nSPS) is 27.1. The zero-order chi connectivity index (χ0) is 19.2. The van der Waals surface area contributed by atoms with Gasteiger partial charge < -0.3 is 10.2 Å². The summed E-state index contributed by atoms with van der Waals surface area (Å²) in [6.07, 6.45) is -1.43. The lowest BCUT2D eigenvalue weighted by Crippen LogP contribution is -2.50. The Morgan fingerprint density at radius 1 is 1.36 bits per heavy atom. The predicted octanol–water partition coefficient (Wildman–Crippen LogP) is 2.80. The predicted molar refractivity (Wildman–Crippen MR) is 93.6 cm³/mol. The van der Waals surface area contributed by atoms with Crippen LogP contribution in [0.4, 0.5) is 9.18 Å². The Balaban J connectivity index is 2.73. The van der Waals surface area contributed by atoms with Crippen molar-refractivity contribution >= 4 is 22.7 Å². The Morgan fingerprint density at radius 2 is 1.96 bits per heavy atom. The van der Waals surface area contributed by atoms with E-state index < -0.39 is 33.0 Å². The van der Waals surface area contributed by atoms with Crippen molar-refractivity contribution in [2.45, 2.75) is 31.1 Å². The van der Waals surface area contributed by atoms with Crippen LogP contribution in [-0.2, 0) is 5.54 Å². The van der Waals surface area contributed by atoms with Gasteiger partial charge in [-0.25, -0.2) is 13.5 Å². The van der Waals surface area contributed by atoms with Gasteiger partial charge in [-0.1, -0.05) is 0 Å².